The van der Waals surface area contributed by atoms with E-state index in [2.05, 4.69) is 20.9 Å². The van der Waals surface area contributed by atoms with Crippen LogP contribution in [0.1, 0.15) is 33.6 Å². The number of ether oxygens (including phenoxy) is 1. The highest BCUT2D eigenvalue weighted by molar-refractivity contribution is 9.10. The molecule has 0 aliphatic rings. The normalized spacial score (nSPS) is 12.1. The predicted molar refractivity (Wildman–Crippen MR) is 137 cm³/mol. The smallest absolute Gasteiger partial charge is 0.416 e. The Morgan fingerprint density at radius 3 is 2.43 bits per heavy atom. The van der Waals surface area contributed by atoms with Crippen LogP contribution in [0.3, 0.4) is 0 Å². The first kappa shape index (κ1) is 30.2. The molecule has 0 saturated carbocycles. The number of alkyl halides is 3. The zero-order valence-electron chi connectivity index (χ0n) is 20.9. The van der Waals surface area contributed by atoms with Gasteiger partial charge in [-0.1, -0.05) is 12.1 Å². The summed E-state index contributed by atoms with van der Waals surface area (Å²) in [7, 11) is 0. The fourth-order valence-corrected chi connectivity index (χ4v) is 4.29. The molecule has 42 heavy (non-hydrogen) atoms. The van der Waals surface area contributed by atoms with Crippen molar-refractivity contribution in [1.82, 2.24) is 9.88 Å². The van der Waals surface area contributed by atoms with Crippen LogP contribution in [0.15, 0.2) is 69.9 Å². The quantitative estimate of drug-likeness (QED) is 0.139. The number of amides is 2. The van der Waals surface area contributed by atoms with E-state index in [-0.39, 0.29) is 27.5 Å². The number of aromatic nitrogens is 2. The van der Waals surface area contributed by atoms with Gasteiger partial charge in [0.05, 0.1) is 12.1 Å². The molecule has 220 valence electrons. The number of rotatable bonds is 9. The Balaban J connectivity index is 1.75. The summed E-state index contributed by atoms with van der Waals surface area (Å²) in [6.07, 6.45) is -6.57. The molecule has 0 spiro atoms. The van der Waals surface area contributed by atoms with Gasteiger partial charge in [0.25, 0.3) is 5.91 Å². The maximum absolute atomic E-state index is 15.0. The Kier molecular flexibility index (Phi) is 8.65. The van der Waals surface area contributed by atoms with E-state index in [1.807, 2.05) is 0 Å². The number of carbonyl (C=O) groups is 2. The number of benzene rings is 2. The molecule has 4 rings (SSSR count). The summed E-state index contributed by atoms with van der Waals surface area (Å²) in [5, 5.41) is 22.0. The highest BCUT2D eigenvalue weighted by Crippen LogP contribution is 2.36. The van der Waals surface area contributed by atoms with Crippen molar-refractivity contribution in [1.29, 1.82) is 0 Å². The van der Waals surface area contributed by atoms with Crippen molar-refractivity contribution >= 4 is 27.9 Å². The summed E-state index contributed by atoms with van der Waals surface area (Å²) in [6.45, 7) is -1.11. The predicted octanol–water partition coefficient (Wildman–Crippen LogP) is 5.43. The fourth-order valence-electron chi connectivity index (χ4n) is 3.81. The van der Waals surface area contributed by atoms with Crippen LogP contribution in [0.5, 0.6) is 5.75 Å². The molecule has 16 heteroatoms. The van der Waals surface area contributed by atoms with Gasteiger partial charge in [-0.05, 0) is 46.3 Å². The van der Waals surface area contributed by atoms with Crippen molar-refractivity contribution in [3.05, 3.63) is 105 Å². The lowest BCUT2D eigenvalue weighted by molar-refractivity contribution is -0.615. The second kappa shape index (κ2) is 12.0. The topological polar surface area (TPSA) is 146 Å². The first-order chi connectivity index (χ1) is 19.8. The number of halogens is 6. The van der Waals surface area contributed by atoms with Gasteiger partial charge in [0.15, 0.2) is 28.5 Å². The molecule has 0 fully saturated rings. The Labute approximate surface area is 241 Å². The highest BCUT2D eigenvalue weighted by atomic mass is 79.9. The zero-order valence-corrected chi connectivity index (χ0v) is 22.5. The fraction of sp³-hybridized carbons (Fsp3) is 0.154. The van der Waals surface area contributed by atoms with Crippen LogP contribution in [0.25, 0.3) is 11.3 Å². The van der Waals surface area contributed by atoms with Crippen molar-refractivity contribution in [3.63, 3.8) is 0 Å². The Morgan fingerprint density at radius 2 is 1.83 bits per heavy atom. The van der Waals surface area contributed by atoms with Gasteiger partial charge in [-0.15, -0.1) is 0 Å². The second-order valence-corrected chi connectivity index (χ2v) is 9.36. The average molecular weight is 657 g/mol. The standard InChI is InChI=1S/C26H18BrF5N4O6/c27-22-21(13-4-6-14(7-5-13)26(30,31)32)34-24(42-22)18(41-17-9-8-16(28)19(20(17)29)23(33)37)12-35(25(38)39)11-15-3-1-2-10-36(15)40/h1-10,18H,11-12H2,(H2,33,37)(H,38,39). The molecule has 2 heterocycles. The molecule has 2 aromatic heterocycles. The van der Waals surface area contributed by atoms with E-state index in [1.54, 1.807) is 0 Å². The Hall–Kier alpha value is -4.73. The van der Waals surface area contributed by atoms with E-state index >= 15 is 4.39 Å². The van der Waals surface area contributed by atoms with Crippen molar-refractivity contribution in [3.8, 4) is 17.0 Å². The van der Waals surface area contributed by atoms with Gasteiger partial charge in [0.2, 0.25) is 11.6 Å². The molecular formula is C26H18BrF5N4O6. The zero-order chi connectivity index (χ0) is 30.8. The van der Waals surface area contributed by atoms with Crippen LogP contribution < -0.4 is 15.2 Å². The Morgan fingerprint density at radius 1 is 1.14 bits per heavy atom. The maximum Gasteiger partial charge on any atom is 0.416 e. The lowest BCUT2D eigenvalue weighted by atomic mass is 10.1. The number of nitrogens with zero attached hydrogens (tertiary/aromatic N) is 3. The lowest BCUT2D eigenvalue weighted by Crippen LogP contribution is -2.40. The molecule has 10 nitrogen and oxygen atoms in total. The van der Waals surface area contributed by atoms with E-state index in [4.69, 9.17) is 14.9 Å². The van der Waals surface area contributed by atoms with Gasteiger partial charge in [-0.25, -0.2) is 18.6 Å². The molecular weight excluding hydrogens is 639 g/mol. The number of hydrogen-bond acceptors (Lipinski definition) is 6. The number of carboxylic acid groups (broad SMARTS) is 1. The molecule has 2 aromatic carbocycles. The van der Waals surface area contributed by atoms with Crippen LogP contribution in [0.4, 0.5) is 26.7 Å². The summed E-state index contributed by atoms with van der Waals surface area (Å²) in [5.74, 6) is -5.29. The molecule has 0 aliphatic heterocycles. The van der Waals surface area contributed by atoms with E-state index in [9.17, 15) is 37.5 Å². The monoisotopic (exact) mass is 656 g/mol. The van der Waals surface area contributed by atoms with E-state index in [0.717, 1.165) is 41.4 Å². The second-order valence-electron chi connectivity index (χ2n) is 8.64. The van der Waals surface area contributed by atoms with Crippen LogP contribution in [0, 0.1) is 16.8 Å². The number of oxazole rings is 1. The van der Waals surface area contributed by atoms with E-state index < -0.39 is 65.9 Å². The summed E-state index contributed by atoms with van der Waals surface area (Å²) < 4.78 is 79.7. The molecule has 0 bridgehead atoms. The molecule has 1 atom stereocenters. The number of pyridine rings is 1. The summed E-state index contributed by atoms with van der Waals surface area (Å²) >= 11 is 3.11. The van der Waals surface area contributed by atoms with Gasteiger partial charge >= 0.3 is 12.3 Å². The van der Waals surface area contributed by atoms with Crippen LogP contribution in [-0.2, 0) is 12.7 Å². The van der Waals surface area contributed by atoms with Gasteiger partial charge in [-0.3, -0.25) is 9.69 Å². The first-order valence-corrected chi connectivity index (χ1v) is 12.5. The Bertz CT molecular complexity index is 1630. The molecule has 0 aliphatic carbocycles. The summed E-state index contributed by atoms with van der Waals surface area (Å²) in [6, 6.07) is 9.68. The van der Waals surface area contributed by atoms with Gasteiger partial charge in [0.1, 0.15) is 23.6 Å². The minimum Gasteiger partial charge on any atom is -0.618 e. The van der Waals surface area contributed by atoms with Crippen molar-refractivity contribution in [2.75, 3.05) is 6.54 Å². The molecule has 0 saturated heterocycles. The van der Waals surface area contributed by atoms with Crippen LogP contribution >= 0.6 is 15.9 Å². The van der Waals surface area contributed by atoms with E-state index in [0.29, 0.717) is 10.8 Å². The van der Waals surface area contributed by atoms with Crippen molar-refractivity contribution < 1.29 is 50.5 Å². The molecule has 3 N–H and O–H groups in total. The molecule has 2 amide bonds. The molecule has 1 unspecified atom stereocenters. The van der Waals surface area contributed by atoms with Crippen LogP contribution in [0.2, 0.25) is 0 Å². The number of nitrogens with two attached hydrogens (primary N) is 1. The third-order valence-corrected chi connectivity index (χ3v) is 6.39. The number of carbonyl (C=O) groups excluding carboxylic acids is 1. The number of hydrogen-bond donors (Lipinski definition) is 2. The molecule has 0 radical (unpaired) electrons. The largest absolute Gasteiger partial charge is 0.618 e. The average Bonchev–Trinajstić information content (AvgIpc) is 3.31. The van der Waals surface area contributed by atoms with Gasteiger partial charge in [0, 0.05) is 17.7 Å². The van der Waals surface area contributed by atoms with E-state index in [1.165, 1.54) is 18.2 Å². The van der Waals surface area contributed by atoms with Crippen molar-refractivity contribution in [2.45, 2.75) is 18.8 Å². The third kappa shape index (κ3) is 6.59. The SMILES string of the molecule is NC(=O)c1c(F)ccc(OC(CN(Cc2cccc[n+]2[O-])C(=O)O)c2nc(-c3ccc(C(F)(F)F)cc3)c(Br)o2)c1F. The van der Waals surface area contributed by atoms with Gasteiger partial charge < -0.3 is 25.2 Å². The minimum atomic E-state index is -4.59. The third-order valence-electron chi connectivity index (χ3n) is 5.85. The molecule has 4 aromatic rings. The lowest BCUT2D eigenvalue weighted by Gasteiger charge is -2.24. The number of primary amides is 1. The van der Waals surface area contributed by atoms with Gasteiger partial charge in [-0.2, -0.15) is 17.9 Å². The first-order valence-electron chi connectivity index (χ1n) is 11.7. The maximum atomic E-state index is 15.0. The van der Waals surface area contributed by atoms with Crippen LogP contribution in [-0.4, -0.2) is 33.5 Å². The highest BCUT2D eigenvalue weighted by Gasteiger charge is 2.32. The minimum absolute atomic E-state index is 0.00735. The summed E-state index contributed by atoms with van der Waals surface area (Å²) in [4.78, 5) is 28.7. The van der Waals surface area contributed by atoms with Crippen molar-refractivity contribution in [2.24, 2.45) is 5.73 Å². The summed E-state index contributed by atoms with van der Waals surface area (Å²) in [5.41, 5.74) is 3.21.